The van der Waals surface area contributed by atoms with Crippen LogP contribution in [-0.2, 0) is 0 Å². The van der Waals surface area contributed by atoms with Crippen molar-refractivity contribution in [2.75, 3.05) is 4.90 Å². The van der Waals surface area contributed by atoms with E-state index in [1.54, 1.807) is 0 Å². The summed E-state index contributed by atoms with van der Waals surface area (Å²) in [4.78, 5) is 2.38. The Bertz CT molecular complexity index is 3220. The lowest BCUT2D eigenvalue weighted by molar-refractivity contribution is 1.18. The van der Waals surface area contributed by atoms with Gasteiger partial charge in [0.25, 0.3) is 0 Å². The van der Waals surface area contributed by atoms with Crippen molar-refractivity contribution in [1.82, 2.24) is 4.57 Å². The molecule has 2 heteroatoms. The largest absolute Gasteiger partial charge is 0.310 e. The smallest absolute Gasteiger partial charge is 0.0541 e. The lowest BCUT2D eigenvalue weighted by Crippen LogP contribution is -2.10. The van der Waals surface area contributed by atoms with E-state index in [1.807, 2.05) is 0 Å². The van der Waals surface area contributed by atoms with Crippen molar-refractivity contribution < 1.29 is 0 Å². The third-order valence-electron chi connectivity index (χ3n) is 11.6. The molecule has 1 aromatic heterocycles. The Morgan fingerprint density at radius 1 is 0.293 bits per heavy atom. The lowest BCUT2D eigenvalue weighted by atomic mass is 9.97. The minimum atomic E-state index is 1.10. The number of rotatable bonds is 7. The van der Waals surface area contributed by atoms with E-state index in [4.69, 9.17) is 0 Å². The van der Waals surface area contributed by atoms with Crippen LogP contribution in [0.2, 0.25) is 0 Å². The summed E-state index contributed by atoms with van der Waals surface area (Å²) in [6, 6.07) is 83.7. The molecule has 0 amide bonds. The highest BCUT2D eigenvalue weighted by molar-refractivity contribution is 6.10. The van der Waals surface area contributed by atoms with E-state index in [2.05, 4.69) is 240 Å². The molecule has 58 heavy (non-hydrogen) atoms. The van der Waals surface area contributed by atoms with Gasteiger partial charge in [-0.05, 0) is 105 Å². The Morgan fingerprint density at radius 2 is 0.793 bits per heavy atom. The van der Waals surface area contributed by atoms with Crippen molar-refractivity contribution in [3.05, 3.63) is 231 Å². The fourth-order valence-electron chi connectivity index (χ4n) is 8.77. The van der Waals surface area contributed by atoms with Crippen molar-refractivity contribution in [1.29, 1.82) is 0 Å². The van der Waals surface area contributed by atoms with Crippen molar-refractivity contribution in [3.8, 4) is 39.1 Å². The molecule has 2 nitrogen and oxygen atoms in total. The molecule has 10 aromatic carbocycles. The minimum Gasteiger partial charge on any atom is -0.310 e. The number of fused-ring (bicyclic) bond motifs is 5. The van der Waals surface area contributed by atoms with E-state index in [0.29, 0.717) is 0 Å². The SMILES string of the molecule is c1cc(-c2ccc(N(c3ccc(-c4ccc5ccccc5c4)cc3)c3cccc4ccccc34)cc2)cc(-c2ccccc2-n2c3ccccc3c3ccccc32)c1. The van der Waals surface area contributed by atoms with Gasteiger partial charge in [-0.3, -0.25) is 0 Å². The highest BCUT2D eigenvalue weighted by Gasteiger charge is 2.18. The quantitative estimate of drug-likeness (QED) is 0.158. The molecule has 11 rings (SSSR count). The summed E-state index contributed by atoms with van der Waals surface area (Å²) in [5, 5.41) is 7.46. The van der Waals surface area contributed by atoms with Gasteiger partial charge in [0.2, 0.25) is 0 Å². The lowest BCUT2D eigenvalue weighted by Gasteiger charge is -2.27. The number of anilines is 3. The first kappa shape index (κ1) is 33.6. The Labute approximate surface area is 338 Å². The van der Waals surface area contributed by atoms with Gasteiger partial charge in [-0.1, -0.05) is 170 Å². The molecule has 0 bridgehead atoms. The third kappa shape index (κ3) is 5.82. The normalized spacial score (nSPS) is 11.4. The standard InChI is InChI=1S/C56H38N2/c1-2-15-43-37-45(28-27-39(43)13-1)41-31-35-48(36-32-41)57(53-26-12-16-42-14-3-4-19-49(42)53)47-33-29-40(30-34-47)44-17-11-18-46(38-44)50-20-5-8-23-54(50)58-55-24-9-6-21-51(55)52-22-7-10-25-56(52)58/h1-38H. The van der Waals surface area contributed by atoms with Crippen LogP contribution in [0.4, 0.5) is 17.1 Å². The second kappa shape index (κ2) is 14.1. The molecule has 0 unspecified atom stereocenters. The first-order valence-corrected chi connectivity index (χ1v) is 19.9. The average molecular weight is 739 g/mol. The van der Waals surface area contributed by atoms with E-state index < -0.39 is 0 Å². The van der Waals surface area contributed by atoms with E-state index in [-0.39, 0.29) is 0 Å². The number of para-hydroxylation sites is 3. The molecular formula is C56H38N2. The predicted molar refractivity (Wildman–Crippen MR) is 247 cm³/mol. The summed E-state index contributed by atoms with van der Waals surface area (Å²) in [5.74, 6) is 0. The zero-order valence-corrected chi connectivity index (χ0v) is 31.8. The van der Waals surface area contributed by atoms with E-state index in [1.165, 1.54) is 82.4 Å². The Hall–Kier alpha value is -7.68. The summed E-state index contributed by atoms with van der Waals surface area (Å²) in [5.41, 5.74) is 14.1. The van der Waals surface area contributed by atoms with E-state index in [0.717, 1.165) is 17.1 Å². The molecule has 272 valence electrons. The van der Waals surface area contributed by atoms with Crippen LogP contribution in [-0.4, -0.2) is 4.57 Å². The molecule has 0 N–H and O–H groups in total. The minimum absolute atomic E-state index is 1.10. The Morgan fingerprint density at radius 3 is 1.50 bits per heavy atom. The van der Waals surface area contributed by atoms with Crippen LogP contribution in [0.25, 0.3) is 82.4 Å². The maximum atomic E-state index is 2.41. The molecule has 0 aliphatic carbocycles. The van der Waals surface area contributed by atoms with Crippen LogP contribution in [0, 0.1) is 0 Å². The van der Waals surface area contributed by atoms with Gasteiger partial charge < -0.3 is 9.47 Å². The van der Waals surface area contributed by atoms with Crippen molar-refractivity contribution in [2.24, 2.45) is 0 Å². The van der Waals surface area contributed by atoms with Gasteiger partial charge in [-0.25, -0.2) is 0 Å². The van der Waals surface area contributed by atoms with Gasteiger partial charge in [0.15, 0.2) is 0 Å². The molecule has 0 saturated carbocycles. The second-order valence-electron chi connectivity index (χ2n) is 15.0. The molecule has 0 atom stereocenters. The highest BCUT2D eigenvalue weighted by Crippen LogP contribution is 2.41. The maximum Gasteiger partial charge on any atom is 0.0541 e. The van der Waals surface area contributed by atoms with Crippen LogP contribution in [0.5, 0.6) is 0 Å². The maximum absolute atomic E-state index is 2.41. The summed E-state index contributed by atoms with van der Waals surface area (Å²) in [7, 11) is 0. The first-order valence-electron chi connectivity index (χ1n) is 19.9. The summed E-state index contributed by atoms with van der Waals surface area (Å²) >= 11 is 0. The third-order valence-corrected chi connectivity index (χ3v) is 11.6. The number of aromatic nitrogens is 1. The fraction of sp³-hybridized carbons (Fsp3) is 0. The monoisotopic (exact) mass is 738 g/mol. The van der Waals surface area contributed by atoms with Crippen molar-refractivity contribution in [2.45, 2.75) is 0 Å². The number of hydrogen-bond acceptors (Lipinski definition) is 1. The number of nitrogens with zero attached hydrogens (tertiary/aromatic N) is 2. The van der Waals surface area contributed by atoms with Crippen LogP contribution in [0.15, 0.2) is 231 Å². The molecule has 0 fully saturated rings. The molecule has 1 heterocycles. The topological polar surface area (TPSA) is 8.17 Å². The average Bonchev–Trinajstić information content (AvgIpc) is 3.64. The van der Waals surface area contributed by atoms with Crippen LogP contribution in [0.1, 0.15) is 0 Å². The zero-order chi connectivity index (χ0) is 38.4. The van der Waals surface area contributed by atoms with E-state index in [9.17, 15) is 0 Å². The number of hydrogen-bond donors (Lipinski definition) is 0. The summed E-state index contributed by atoms with van der Waals surface area (Å²) < 4.78 is 2.41. The highest BCUT2D eigenvalue weighted by atomic mass is 15.1. The molecule has 11 aromatic rings. The fourth-order valence-corrected chi connectivity index (χ4v) is 8.77. The molecule has 0 aliphatic rings. The van der Waals surface area contributed by atoms with Crippen LogP contribution in [0.3, 0.4) is 0 Å². The molecule has 0 aliphatic heterocycles. The van der Waals surface area contributed by atoms with Crippen LogP contribution >= 0.6 is 0 Å². The van der Waals surface area contributed by atoms with Gasteiger partial charge in [0.05, 0.1) is 22.4 Å². The van der Waals surface area contributed by atoms with Crippen LogP contribution < -0.4 is 4.90 Å². The van der Waals surface area contributed by atoms with Gasteiger partial charge >= 0.3 is 0 Å². The summed E-state index contributed by atoms with van der Waals surface area (Å²) in [6.45, 7) is 0. The number of benzene rings is 10. The van der Waals surface area contributed by atoms with Gasteiger partial charge in [-0.2, -0.15) is 0 Å². The van der Waals surface area contributed by atoms with E-state index >= 15 is 0 Å². The van der Waals surface area contributed by atoms with Gasteiger partial charge in [0, 0.05) is 33.1 Å². The van der Waals surface area contributed by atoms with Crippen molar-refractivity contribution >= 4 is 60.4 Å². The van der Waals surface area contributed by atoms with Gasteiger partial charge in [-0.15, -0.1) is 0 Å². The predicted octanol–water partition coefficient (Wildman–Crippen LogP) is 15.6. The molecule has 0 saturated heterocycles. The zero-order valence-electron chi connectivity index (χ0n) is 31.8. The Kier molecular flexibility index (Phi) is 8.19. The molecule has 0 radical (unpaired) electrons. The summed E-state index contributed by atoms with van der Waals surface area (Å²) in [6.07, 6.45) is 0. The van der Waals surface area contributed by atoms with Crippen molar-refractivity contribution in [3.63, 3.8) is 0 Å². The molecular weight excluding hydrogens is 701 g/mol. The first-order chi connectivity index (χ1) is 28.8. The Balaban J connectivity index is 0.975. The molecule has 0 spiro atoms. The second-order valence-corrected chi connectivity index (χ2v) is 15.0. The van der Waals surface area contributed by atoms with Gasteiger partial charge in [0.1, 0.15) is 0 Å².